The molecule has 1 atom stereocenters. The molecule has 2 aromatic rings. The molecule has 1 saturated heterocycles. The third-order valence-electron chi connectivity index (χ3n) is 4.09. The Bertz CT molecular complexity index is 771. The van der Waals surface area contributed by atoms with Crippen molar-refractivity contribution in [3.8, 4) is 5.75 Å². The van der Waals surface area contributed by atoms with Gasteiger partial charge in [-0.3, -0.25) is 10.1 Å². The van der Waals surface area contributed by atoms with Gasteiger partial charge in [-0.1, -0.05) is 23.8 Å². The van der Waals surface area contributed by atoms with Gasteiger partial charge in [0.1, 0.15) is 12.4 Å². The second-order valence-corrected chi connectivity index (χ2v) is 6.66. The molecule has 1 aliphatic heterocycles. The summed E-state index contributed by atoms with van der Waals surface area (Å²) in [5.74, 6) is 0.492. The zero-order valence-corrected chi connectivity index (χ0v) is 15.5. The van der Waals surface area contributed by atoms with Crippen LogP contribution in [0.1, 0.15) is 28.8 Å². The molecule has 1 aliphatic rings. The highest BCUT2D eigenvalue weighted by molar-refractivity contribution is 7.80. The quantitative estimate of drug-likeness (QED) is 0.787. The van der Waals surface area contributed by atoms with Crippen LogP contribution in [0.4, 0.5) is 5.69 Å². The van der Waals surface area contributed by atoms with Gasteiger partial charge in [0.25, 0.3) is 5.91 Å². The van der Waals surface area contributed by atoms with Gasteiger partial charge in [-0.15, -0.1) is 0 Å². The van der Waals surface area contributed by atoms with Gasteiger partial charge in [0, 0.05) is 23.9 Å². The monoisotopic (exact) mass is 370 g/mol. The minimum Gasteiger partial charge on any atom is -0.491 e. The molecule has 0 saturated carbocycles. The van der Waals surface area contributed by atoms with Gasteiger partial charge in [-0.05, 0) is 56.2 Å². The predicted octanol–water partition coefficient (Wildman–Crippen LogP) is 3.68. The van der Waals surface area contributed by atoms with Crippen LogP contribution < -0.4 is 15.4 Å². The molecular weight excluding hydrogens is 348 g/mol. The third-order valence-corrected chi connectivity index (χ3v) is 4.30. The minimum atomic E-state index is -0.242. The van der Waals surface area contributed by atoms with Crippen LogP contribution in [0.25, 0.3) is 0 Å². The summed E-state index contributed by atoms with van der Waals surface area (Å²) in [6, 6.07) is 14.8. The maximum absolute atomic E-state index is 12.2. The molecule has 0 spiro atoms. The van der Waals surface area contributed by atoms with E-state index in [-0.39, 0.29) is 17.1 Å². The number of carbonyl (C=O) groups is 1. The van der Waals surface area contributed by atoms with Gasteiger partial charge < -0.3 is 14.8 Å². The van der Waals surface area contributed by atoms with Gasteiger partial charge in [0.05, 0.1) is 6.10 Å². The molecule has 1 fully saturated rings. The molecule has 2 aromatic carbocycles. The molecule has 1 amide bonds. The Morgan fingerprint density at radius 1 is 1.27 bits per heavy atom. The molecular formula is C20H22N2O3S. The van der Waals surface area contributed by atoms with E-state index in [9.17, 15) is 4.79 Å². The Hall–Kier alpha value is -2.44. The van der Waals surface area contributed by atoms with Crippen molar-refractivity contribution >= 4 is 28.9 Å². The molecule has 1 unspecified atom stereocenters. The number of nitrogens with one attached hydrogen (secondary N) is 2. The topological polar surface area (TPSA) is 59.6 Å². The SMILES string of the molecule is Cc1ccc(C(=O)NC(=S)Nc2cccc(OCC3CCCO3)c2)cc1. The second kappa shape index (κ2) is 8.78. The summed E-state index contributed by atoms with van der Waals surface area (Å²) in [5, 5.41) is 5.93. The number of benzene rings is 2. The number of aryl methyl sites for hydroxylation is 1. The minimum absolute atomic E-state index is 0.168. The molecule has 1 heterocycles. The van der Waals surface area contributed by atoms with E-state index in [1.54, 1.807) is 12.1 Å². The smallest absolute Gasteiger partial charge is 0.257 e. The van der Waals surface area contributed by atoms with Crippen molar-refractivity contribution < 1.29 is 14.3 Å². The van der Waals surface area contributed by atoms with Gasteiger partial charge in [0.2, 0.25) is 0 Å². The van der Waals surface area contributed by atoms with Crippen LogP contribution in [-0.4, -0.2) is 30.3 Å². The Balaban J connectivity index is 1.52. The molecule has 0 aromatic heterocycles. The predicted molar refractivity (Wildman–Crippen MR) is 106 cm³/mol. The fraction of sp³-hybridized carbons (Fsp3) is 0.300. The lowest BCUT2D eigenvalue weighted by molar-refractivity contribution is 0.0680. The Morgan fingerprint density at radius 2 is 2.08 bits per heavy atom. The number of rotatable bonds is 5. The molecule has 26 heavy (non-hydrogen) atoms. The van der Waals surface area contributed by atoms with E-state index in [0.717, 1.165) is 36.4 Å². The zero-order valence-electron chi connectivity index (χ0n) is 14.7. The largest absolute Gasteiger partial charge is 0.491 e. The highest BCUT2D eigenvalue weighted by Gasteiger charge is 2.16. The van der Waals surface area contributed by atoms with Crippen LogP contribution in [0.15, 0.2) is 48.5 Å². The van der Waals surface area contributed by atoms with E-state index < -0.39 is 0 Å². The fourth-order valence-electron chi connectivity index (χ4n) is 2.67. The van der Waals surface area contributed by atoms with Gasteiger partial charge in [0.15, 0.2) is 5.11 Å². The lowest BCUT2D eigenvalue weighted by Crippen LogP contribution is -2.34. The fourth-order valence-corrected chi connectivity index (χ4v) is 2.88. The maximum Gasteiger partial charge on any atom is 0.257 e. The average Bonchev–Trinajstić information content (AvgIpc) is 3.14. The summed E-state index contributed by atoms with van der Waals surface area (Å²) < 4.78 is 11.3. The zero-order chi connectivity index (χ0) is 18.4. The standard InChI is InChI=1S/C20H22N2O3S/c1-14-7-9-15(10-8-14)19(23)22-20(26)21-16-4-2-5-17(12-16)25-13-18-6-3-11-24-18/h2,4-5,7-10,12,18H,3,6,11,13H2,1H3,(H2,21,22,23,26). The van der Waals surface area contributed by atoms with Crippen LogP contribution in [0.2, 0.25) is 0 Å². The van der Waals surface area contributed by atoms with E-state index in [2.05, 4.69) is 10.6 Å². The van der Waals surface area contributed by atoms with E-state index >= 15 is 0 Å². The summed E-state index contributed by atoms with van der Waals surface area (Å²) in [5.41, 5.74) is 2.42. The van der Waals surface area contributed by atoms with Gasteiger partial charge >= 0.3 is 0 Å². The second-order valence-electron chi connectivity index (χ2n) is 6.25. The Kier molecular flexibility index (Phi) is 6.20. The first-order valence-electron chi connectivity index (χ1n) is 8.63. The van der Waals surface area contributed by atoms with Crippen molar-refractivity contribution in [1.82, 2.24) is 5.32 Å². The first-order chi connectivity index (χ1) is 12.6. The molecule has 6 heteroatoms. The van der Waals surface area contributed by atoms with Crippen molar-refractivity contribution in [1.29, 1.82) is 0 Å². The number of thiocarbonyl (C=S) groups is 1. The molecule has 0 radical (unpaired) electrons. The van der Waals surface area contributed by atoms with E-state index in [4.69, 9.17) is 21.7 Å². The van der Waals surface area contributed by atoms with Crippen LogP contribution in [-0.2, 0) is 4.74 Å². The lowest BCUT2D eigenvalue weighted by Gasteiger charge is -2.13. The molecule has 0 aliphatic carbocycles. The Labute approximate surface area is 158 Å². The number of hydrogen-bond acceptors (Lipinski definition) is 4. The lowest BCUT2D eigenvalue weighted by atomic mass is 10.1. The first-order valence-corrected chi connectivity index (χ1v) is 9.04. The van der Waals surface area contributed by atoms with Crippen LogP contribution in [0.3, 0.4) is 0 Å². The van der Waals surface area contributed by atoms with Crippen LogP contribution >= 0.6 is 12.2 Å². The first kappa shape index (κ1) is 18.4. The summed E-state index contributed by atoms with van der Waals surface area (Å²) in [6.45, 7) is 3.32. The third kappa shape index (κ3) is 5.28. The Morgan fingerprint density at radius 3 is 2.81 bits per heavy atom. The van der Waals surface area contributed by atoms with Gasteiger partial charge in [-0.2, -0.15) is 0 Å². The molecule has 2 N–H and O–H groups in total. The number of amides is 1. The van der Waals surface area contributed by atoms with Crippen molar-refractivity contribution in [3.63, 3.8) is 0 Å². The molecule has 3 rings (SSSR count). The van der Waals surface area contributed by atoms with Gasteiger partial charge in [-0.25, -0.2) is 0 Å². The van der Waals surface area contributed by atoms with Crippen molar-refractivity contribution in [3.05, 3.63) is 59.7 Å². The van der Waals surface area contributed by atoms with E-state index in [1.165, 1.54) is 0 Å². The van der Waals surface area contributed by atoms with E-state index in [1.807, 2.05) is 43.3 Å². The normalized spacial score (nSPS) is 16.1. The average molecular weight is 370 g/mol. The van der Waals surface area contributed by atoms with Crippen LogP contribution in [0, 0.1) is 6.92 Å². The van der Waals surface area contributed by atoms with Crippen molar-refractivity contribution in [2.45, 2.75) is 25.9 Å². The maximum atomic E-state index is 12.2. The molecule has 5 nitrogen and oxygen atoms in total. The number of ether oxygens (including phenoxy) is 2. The number of carbonyl (C=O) groups excluding carboxylic acids is 1. The molecule has 136 valence electrons. The number of anilines is 1. The number of hydrogen-bond donors (Lipinski definition) is 2. The summed E-state index contributed by atoms with van der Waals surface area (Å²) in [4.78, 5) is 12.2. The van der Waals surface area contributed by atoms with Crippen LogP contribution in [0.5, 0.6) is 5.75 Å². The summed E-state index contributed by atoms with van der Waals surface area (Å²) in [7, 11) is 0. The summed E-state index contributed by atoms with van der Waals surface area (Å²) in [6.07, 6.45) is 2.29. The van der Waals surface area contributed by atoms with Crippen molar-refractivity contribution in [2.24, 2.45) is 0 Å². The molecule has 0 bridgehead atoms. The highest BCUT2D eigenvalue weighted by Crippen LogP contribution is 2.19. The highest BCUT2D eigenvalue weighted by atomic mass is 32.1. The van der Waals surface area contributed by atoms with E-state index in [0.29, 0.717) is 12.2 Å². The van der Waals surface area contributed by atoms with Crippen molar-refractivity contribution in [2.75, 3.05) is 18.5 Å². The summed E-state index contributed by atoms with van der Waals surface area (Å²) >= 11 is 5.23.